The van der Waals surface area contributed by atoms with Crippen LogP contribution in [0.2, 0.25) is 0 Å². The van der Waals surface area contributed by atoms with E-state index >= 15 is 0 Å². The van der Waals surface area contributed by atoms with Gasteiger partial charge in [0.15, 0.2) is 0 Å². The van der Waals surface area contributed by atoms with Crippen LogP contribution < -0.4 is 4.90 Å². The fourth-order valence-corrected chi connectivity index (χ4v) is 2.42. The maximum absolute atomic E-state index is 13.6. The van der Waals surface area contributed by atoms with Gasteiger partial charge in [0.2, 0.25) is 0 Å². The summed E-state index contributed by atoms with van der Waals surface area (Å²) in [4.78, 5) is 1.96. The molecular weight excluding hydrogens is 233 g/mol. The molecule has 100 valence electrons. The Bertz CT molecular complexity index is 391. The molecule has 0 amide bonds. The summed E-state index contributed by atoms with van der Waals surface area (Å²) in [6.45, 7) is 1.27. The normalized spacial score (nSPS) is 19.8. The number of benzene rings is 1. The molecule has 1 heterocycles. The topological polar surface area (TPSA) is 32.7 Å². The van der Waals surface area contributed by atoms with E-state index < -0.39 is 0 Å². The molecule has 1 aliphatic heterocycles. The van der Waals surface area contributed by atoms with Crippen LogP contribution in [-0.4, -0.2) is 31.4 Å². The van der Waals surface area contributed by atoms with Crippen molar-refractivity contribution >= 4 is 5.69 Å². The molecule has 1 aromatic rings. The predicted octanol–water partition coefficient (Wildman–Crippen LogP) is 2.32. The zero-order valence-electron chi connectivity index (χ0n) is 10.7. The highest BCUT2D eigenvalue weighted by molar-refractivity contribution is 5.53. The van der Waals surface area contributed by atoms with Crippen LogP contribution in [0.4, 0.5) is 10.1 Å². The third-order valence-electron chi connectivity index (χ3n) is 3.41. The zero-order valence-corrected chi connectivity index (χ0v) is 10.7. The molecule has 0 bridgehead atoms. The molecule has 1 aliphatic rings. The van der Waals surface area contributed by atoms with Crippen LogP contribution in [-0.2, 0) is 11.3 Å². The van der Waals surface area contributed by atoms with E-state index in [1.807, 2.05) is 18.0 Å². The zero-order chi connectivity index (χ0) is 13.0. The van der Waals surface area contributed by atoms with E-state index in [9.17, 15) is 9.50 Å². The molecule has 0 saturated carbocycles. The van der Waals surface area contributed by atoms with Crippen LogP contribution in [0, 0.1) is 5.82 Å². The van der Waals surface area contributed by atoms with Gasteiger partial charge in [-0.3, -0.25) is 0 Å². The summed E-state index contributed by atoms with van der Waals surface area (Å²) in [5.41, 5.74) is 1.10. The van der Waals surface area contributed by atoms with E-state index in [1.54, 1.807) is 6.07 Å². The largest absolute Gasteiger partial charge is 0.391 e. The number of aliphatic hydroxyl groups is 1. The number of likely N-dealkylation sites (N-methyl/N-ethyl adjacent to an activating group) is 1. The summed E-state index contributed by atoms with van der Waals surface area (Å²) >= 11 is 0. The number of aliphatic hydroxyl groups excluding tert-OH is 1. The smallest absolute Gasteiger partial charge is 0.130 e. The number of ether oxygens (including phenoxy) is 1. The molecule has 2 rings (SSSR count). The van der Waals surface area contributed by atoms with Gasteiger partial charge in [-0.15, -0.1) is 0 Å². The molecule has 0 aromatic heterocycles. The molecule has 1 fully saturated rings. The van der Waals surface area contributed by atoms with Gasteiger partial charge in [0.25, 0.3) is 0 Å². The first kappa shape index (κ1) is 13.3. The van der Waals surface area contributed by atoms with Crippen LogP contribution in [0.5, 0.6) is 0 Å². The lowest BCUT2D eigenvalue weighted by Gasteiger charge is -2.29. The lowest BCUT2D eigenvalue weighted by molar-refractivity contribution is 0.0215. The highest BCUT2D eigenvalue weighted by atomic mass is 19.1. The second-order valence-corrected chi connectivity index (χ2v) is 4.76. The van der Waals surface area contributed by atoms with Crippen LogP contribution in [0.25, 0.3) is 0 Å². The van der Waals surface area contributed by atoms with Gasteiger partial charge < -0.3 is 14.7 Å². The minimum absolute atomic E-state index is 0.207. The maximum atomic E-state index is 13.6. The van der Waals surface area contributed by atoms with E-state index in [2.05, 4.69) is 0 Å². The fourth-order valence-electron chi connectivity index (χ4n) is 2.42. The van der Waals surface area contributed by atoms with E-state index in [-0.39, 0.29) is 18.5 Å². The molecular formula is C14H20FNO2. The average molecular weight is 253 g/mol. The van der Waals surface area contributed by atoms with Crippen LogP contribution >= 0.6 is 0 Å². The predicted molar refractivity (Wildman–Crippen MR) is 69.2 cm³/mol. The summed E-state index contributed by atoms with van der Waals surface area (Å²) in [6.07, 6.45) is 3.57. The monoisotopic (exact) mass is 253 g/mol. The highest BCUT2D eigenvalue weighted by Gasteiger charge is 2.18. The number of rotatable bonds is 4. The number of hydrogen-bond donors (Lipinski definition) is 1. The third-order valence-corrected chi connectivity index (χ3v) is 3.41. The van der Waals surface area contributed by atoms with Crippen LogP contribution in [0.3, 0.4) is 0 Å². The molecule has 1 unspecified atom stereocenters. The van der Waals surface area contributed by atoms with Crippen molar-refractivity contribution in [2.75, 3.05) is 25.1 Å². The van der Waals surface area contributed by atoms with Gasteiger partial charge in [0.1, 0.15) is 5.82 Å². The molecule has 0 spiro atoms. The summed E-state index contributed by atoms with van der Waals surface area (Å²) < 4.78 is 19.2. The van der Waals surface area contributed by atoms with Gasteiger partial charge in [0, 0.05) is 31.5 Å². The van der Waals surface area contributed by atoms with Crippen molar-refractivity contribution in [1.29, 1.82) is 0 Å². The molecule has 3 nitrogen and oxygen atoms in total. The lowest BCUT2D eigenvalue weighted by Crippen LogP contribution is -2.33. The molecule has 1 saturated heterocycles. The lowest BCUT2D eigenvalue weighted by atomic mass is 10.1. The van der Waals surface area contributed by atoms with Crippen molar-refractivity contribution in [1.82, 2.24) is 0 Å². The van der Waals surface area contributed by atoms with Crippen molar-refractivity contribution < 1.29 is 14.2 Å². The third kappa shape index (κ3) is 3.00. The van der Waals surface area contributed by atoms with Gasteiger partial charge in [0.05, 0.1) is 12.7 Å². The van der Waals surface area contributed by atoms with Crippen LogP contribution in [0.15, 0.2) is 18.2 Å². The molecule has 1 aromatic carbocycles. The summed E-state index contributed by atoms with van der Waals surface area (Å²) in [5, 5.41) is 9.26. The van der Waals surface area contributed by atoms with Crippen molar-refractivity contribution in [2.24, 2.45) is 0 Å². The van der Waals surface area contributed by atoms with Crippen molar-refractivity contribution in [3.8, 4) is 0 Å². The number of nitrogens with zero attached hydrogens (tertiary/aromatic N) is 1. The minimum Gasteiger partial charge on any atom is -0.391 e. The summed E-state index contributed by atoms with van der Waals surface area (Å²) in [7, 11) is 1.91. The average Bonchev–Trinajstić information content (AvgIpc) is 2.39. The van der Waals surface area contributed by atoms with Crippen molar-refractivity contribution in [3.05, 3.63) is 29.6 Å². The Morgan fingerprint density at radius 2 is 2.28 bits per heavy atom. The first-order valence-electron chi connectivity index (χ1n) is 6.43. The Labute approximate surface area is 107 Å². The second kappa shape index (κ2) is 6.16. The summed E-state index contributed by atoms with van der Waals surface area (Å²) in [5.74, 6) is -0.355. The minimum atomic E-state index is -0.355. The standard InChI is InChI=1S/C14H20FNO2/c1-16(9-11-5-2-3-8-18-11)14-7-4-6-13(15)12(14)10-17/h4,6-7,11,17H,2-3,5,8-10H2,1H3. The van der Waals surface area contributed by atoms with E-state index in [1.165, 1.54) is 12.5 Å². The fraction of sp³-hybridized carbons (Fsp3) is 0.571. The Morgan fingerprint density at radius 1 is 1.44 bits per heavy atom. The number of hydrogen-bond acceptors (Lipinski definition) is 3. The Kier molecular flexibility index (Phi) is 4.55. The molecule has 0 aliphatic carbocycles. The van der Waals surface area contributed by atoms with Crippen molar-refractivity contribution in [2.45, 2.75) is 32.0 Å². The number of anilines is 1. The van der Waals surface area contributed by atoms with E-state index in [0.717, 1.165) is 31.7 Å². The first-order chi connectivity index (χ1) is 8.72. The molecule has 18 heavy (non-hydrogen) atoms. The molecule has 4 heteroatoms. The van der Waals surface area contributed by atoms with E-state index in [4.69, 9.17) is 4.74 Å². The number of halogens is 1. The van der Waals surface area contributed by atoms with Gasteiger partial charge >= 0.3 is 0 Å². The molecule has 1 N–H and O–H groups in total. The van der Waals surface area contributed by atoms with E-state index in [0.29, 0.717) is 5.56 Å². The van der Waals surface area contributed by atoms with Crippen LogP contribution in [0.1, 0.15) is 24.8 Å². The Morgan fingerprint density at radius 3 is 2.94 bits per heavy atom. The highest BCUT2D eigenvalue weighted by Crippen LogP contribution is 2.24. The van der Waals surface area contributed by atoms with Crippen molar-refractivity contribution in [3.63, 3.8) is 0 Å². The van der Waals surface area contributed by atoms with Gasteiger partial charge in [-0.2, -0.15) is 0 Å². The van der Waals surface area contributed by atoms with Gasteiger partial charge in [-0.05, 0) is 31.4 Å². The Hall–Kier alpha value is -1.13. The molecule has 1 atom stereocenters. The Balaban J connectivity index is 2.07. The van der Waals surface area contributed by atoms with Gasteiger partial charge in [-0.25, -0.2) is 4.39 Å². The molecule has 0 radical (unpaired) electrons. The SMILES string of the molecule is CN(CC1CCCCO1)c1cccc(F)c1CO. The van der Waals surface area contributed by atoms with Gasteiger partial charge in [-0.1, -0.05) is 6.07 Å². The summed E-state index contributed by atoms with van der Waals surface area (Å²) in [6, 6.07) is 4.87. The second-order valence-electron chi connectivity index (χ2n) is 4.76. The first-order valence-corrected chi connectivity index (χ1v) is 6.43. The quantitative estimate of drug-likeness (QED) is 0.894. The maximum Gasteiger partial charge on any atom is 0.130 e.